The van der Waals surface area contributed by atoms with E-state index in [1.54, 1.807) is 24.3 Å². The van der Waals surface area contributed by atoms with E-state index in [4.69, 9.17) is 15.9 Å². The Kier molecular flexibility index (Phi) is 4.75. The number of benzene rings is 1. The highest BCUT2D eigenvalue weighted by Crippen LogP contribution is 2.09. The highest BCUT2D eigenvalue weighted by atomic mass is 16.3. The molecule has 1 aromatic rings. The van der Waals surface area contributed by atoms with Gasteiger partial charge in [0.05, 0.1) is 19.1 Å². The molecular weight excluding hydrogens is 208 g/mol. The number of carbonyl (C=O) groups is 1. The third kappa shape index (κ3) is 4.29. The molecule has 0 spiro atoms. The first-order valence-corrected chi connectivity index (χ1v) is 5.02. The average molecular weight is 224 g/mol. The number of primary amides is 1. The summed E-state index contributed by atoms with van der Waals surface area (Å²) >= 11 is 0. The van der Waals surface area contributed by atoms with Crippen molar-refractivity contribution in [1.29, 1.82) is 0 Å². The minimum absolute atomic E-state index is 0.222. The van der Waals surface area contributed by atoms with E-state index in [2.05, 4.69) is 5.32 Å². The monoisotopic (exact) mass is 224 g/mol. The van der Waals surface area contributed by atoms with Crippen LogP contribution in [-0.4, -0.2) is 35.4 Å². The molecule has 16 heavy (non-hydrogen) atoms. The summed E-state index contributed by atoms with van der Waals surface area (Å²) in [5, 5.41) is 20.7. The van der Waals surface area contributed by atoms with Gasteiger partial charge in [-0.15, -0.1) is 0 Å². The fourth-order valence-electron chi connectivity index (χ4n) is 1.24. The molecule has 88 valence electrons. The van der Waals surface area contributed by atoms with Crippen LogP contribution in [0.25, 0.3) is 0 Å². The van der Waals surface area contributed by atoms with Crippen molar-refractivity contribution in [2.45, 2.75) is 12.5 Å². The van der Waals surface area contributed by atoms with E-state index < -0.39 is 6.10 Å². The molecule has 0 heterocycles. The summed E-state index contributed by atoms with van der Waals surface area (Å²) in [5.41, 5.74) is 6.73. The van der Waals surface area contributed by atoms with Crippen LogP contribution in [0.1, 0.15) is 5.56 Å². The number of aliphatic hydroxyl groups is 2. The molecule has 5 heteroatoms. The van der Waals surface area contributed by atoms with E-state index in [0.717, 1.165) is 11.3 Å². The van der Waals surface area contributed by atoms with E-state index in [1.807, 2.05) is 0 Å². The summed E-state index contributed by atoms with van der Waals surface area (Å²) in [6.07, 6.45) is -0.551. The van der Waals surface area contributed by atoms with Crippen LogP contribution in [-0.2, 0) is 11.2 Å². The van der Waals surface area contributed by atoms with Crippen molar-refractivity contribution in [2.75, 3.05) is 18.5 Å². The standard InChI is InChI=1S/C11H16N2O3/c12-11(16)5-8-1-3-9(4-2-8)13-6-10(15)7-14/h1-4,10,13-15H,5-7H2,(H2,12,16). The molecule has 1 atom stereocenters. The minimum Gasteiger partial charge on any atom is -0.394 e. The Hall–Kier alpha value is -1.59. The largest absolute Gasteiger partial charge is 0.394 e. The summed E-state index contributed by atoms with van der Waals surface area (Å²) in [6, 6.07) is 7.17. The fourth-order valence-corrected chi connectivity index (χ4v) is 1.24. The minimum atomic E-state index is -0.773. The Morgan fingerprint density at radius 2 is 2.00 bits per heavy atom. The van der Waals surface area contributed by atoms with Crippen LogP contribution in [0.15, 0.2) is 24.3 Å². The number of rotatable bonds is 6. The van der Waals surface area contributed by atoms with Crippen LogP contribution < -0.4 is 11.1 Å². The third-order valence-corrected chi connectivity index (χ3v) is 2.08. The van der Waals surface area contributed by atoms with Crippen LogP contribution in [0, 0.1) is 0 Å². The molecule has 5 N–H and O–H groups in total. The molecule has 0 saturated carbocycles. The number of amides is 1. The Labute approximate surface area is 93.9 Å². The van der Waals surface area contributed by atoms with Gasteiger partial charge in [0.2, 0.25) is 5.91 Å². The highest BCUT2D eigenvalue weighted by Gasteiger charge is 2.02. The number of carbonyl (C=O) groups excluding carboxylic acids is 1. The van der Waals surface area contributed by atoms with Gasteiger partial charge in [0.15, 0.2) is 0 Å². The van der Waals surface area contributed by atoms with Crippen molar-refractivity contribution in [3.05, 3.63) is 29.8 Å². The number of nitrogens with one attached hydrogen (secondary N) is 1. The molecule has 0 saturated heterocycles. The molecule has 0 aromatic heterocycles. The van der Waals surface area contributed by atoms with Crippen molar-refractivity contribution in [3.8, 4) is 0 Å². The number of nitrogens with two attached hydrogens (primary N) is 1. The van der Waals surface area contributed by atoms with Crippen molar-refractivity contribution in [2.24, 2.45) is 5.73 Å². The molecule has 1 rings (SSSR count). The van der Waals surface area contributed by atoms with Gasteiger partial charge in [-0.25, -0.2) is 0 Å². The second kappa shape index (κ2) is 6.09. The molecule has 0 radical (unpaired) electrons. The number of anilines is 1. The molecule has 0 aliphatic rings. The van der Waals surface area contributed by atoms with Crippen LogP contribution in [0.2, 0.25) is 0 Å². The number of hydrogen-bond donors (Lipinski definition) is 4. The fraction of sp³-hybridized carbons (Fsp3) is 0.364. The van der Waals surface area contributed by atoms with Crippen molar-refractivity contribution in [3.63, 3.8) is 0 Å². The highest BCUT2D eigenvalue weighted by molar-refractivity contribution is 5.76. The van der Waals surface area contributed by atoms with Crippen molar-refractivity contribution >= 4 is 11.6 Å². The Morgan fingerprint density at radius 3 is 2.50 bits per heavy atom. The van der Waals surface area contributed by atoms with Gasteiger partial charge in [0, 0.05) is 12.2 Å². The maximum absolute atomic E-state index is 10.7. The maximum Gasteiger partial charge on any atom is 0.221 e. The lowest BCUT2D eigenvalue weighted by Gasteiger charge is -2.10. The van der Waals surface area contributed by atoms with Gasteiger partial charge in [-0.2, -0.15) is 0 Å². The van der Waals surface area contributed by atoms with Gasteiger partial charge in [-0.3, -0.25) is 4.79 Å². The van der Waals surface area contributed by atoms with Gasteiger partial charge < -0.3 is 21.3 Å². The predicted octanol–water partition coefficient (Wildman–Crippen LogP) is -0.521. The summed E-state index contributed by atoms with van der Waals surface area (Å²) in [7, 11) is 0. The van der Waals surface area contributed by atoms with E-state index >= 15 is 0 Å². The lowest BCUT2D eigenvalue weighted by Crippen LogP contribution is -2.22. The number of aliphatic hydroxyl groups excluding tert-OH is 2. The van der Waals surface area contributed by atoms with E-state index in [-0.39, 0.29) is 25.5 Å². The average Bonchev–Trinajstić information content (AvgIpc) is 2.27. The Morgan fingerprint density at radius 1 is 1.38 bits per heavy atom. The smallest absolute Gasteiger partial charge is 0.221 e. The molecule has 1 amide bonds. The second-order valence-electron chi connectivity index (χ2n) is 3.56. The van der Waals surface area contributed by atoms with Crippen molar-refractivity contribution < 1.29 is 15.0 Å². The van der Waals surface area contributed by atoms with Crippen LogP contribution >= 0.6 is 0 Å². The summed E-state index contributed by atoms with van der Waals surface area (Å²) in [5.74, 6) is -0.364. The summed E-state index contributed by atoms with van der Waals surface area (Å²) in [6.45, 7) is 0.0123. The molecule has 5 nitrogen and oxygen atoms in total. The second-order valence-corrected chi connectivity index (χ2v) is 3.56. The zero-order chi connectivity index (χ0) is 12.0. The molecular formula is C11H16N2O3. The molecule has 1 aromatic carbocycles. The first-order valence-electron chi connectivity index (χ1n) is 5.02. The van der Waals surface area contributed by atoms with Crippen molar-refractivity contribution in [1.82, 2.24) is 0 Å². The molecule has 0 aliphatic heterocycles. The topological polar surface area (TPSA) is 95.6 Å². The van der Waals surface area contributed by atoms with Crippen LogP contribution in [0.4, 0.5) is 5.69 Å². The molecule has 0 bridgehead atoms. The normalized spacial score (nSPS) is 12.1. The van der Waals surface area contributed by atoms with Gasteiger partial charge in [0.25, 0.3) is 0 Å². The van der Waals surface area contributed by atoms with E-state index in [0.29, 0.717) is 0 Å². The Balaban J connectivity index is 2.48. The zero-order valence-electron chi connectivity index (χ0n) is 8.89. The molecule has 0 fully saturated rings. The summed E-state index contributed by atoms with van der Waals surface area (Å²) < 4.78 is 0. The van der Waals surface area contributed by atoms with Gasteiger partial charge in [0.1, 0.15) is 0 Å². The number of hydrogen-bond acceptors (Lipinski definition) is 4. The quantitative estimate of drug-likeness (QED) is 0.523. The first-order chi connectivity index (χ1) is 7.61. The SMILES string of the molecule is NC(=O)Cc1ccc(NCC(O)CO)cc1. The zero-order valence-corrected chi connectivity index (χ0v) is 8.89. The van der Waals surface area contributed by atoms with E-state index in [1.165, 1.54) is 0 Å². The molecule has 0 aliphatic carbocycles. The predicted molar refractivity (Wildman–Crippen MR) is 60.9 cm³/mol. The van der Waals surface area contributed by atoms with Crippen LogP contribution in [0.5, 0.6) is 0 Å². The van der Waals surface area contributed by atoms with Crippen LogP contribution in [0.3, 0.4) is 0 Å². The van der Waals surface area contributed by atoms with Gasteiger partial charge >= 0.3 is 0 Å². The summed E-state index contributed by atoms with van der Waals surface area (Å²) in [4.78, 5) is 10.7. The van der Waals surface area contributed by atoms with Gasteiger partial charge in [-0.1, -0.05) is 12.1 Å². The molecule has 1 unspecified atom stereocenters. The van der Waals surface area contributed by atoms with E-state index in [9.17, 15) is 4.79 Å². The maximum atomic E-state index is 10.7. The Bertz CT molecular complexity index is 338. The van der Waals surface area contributed by atoms with Gasteiger partial charge in [-0.05, 0) is 17.7 Å². The third-order valence-electron chi connectivity index (χ3n) is 2.08. The first kappa shape index (κ1) is 12.5. The lowest BCUT2D eigenvalue weighted by molar-refractivity contribution is -0.117. The lowest BCUT2D eigenvalue weighted by atomic mass is 10.1.